The van der Waals surface area contributed by atoms with E-state index >= 15 is 0 Å². The van der Waals surface area contributed by atoms with Gasteiger partial charge in [0.1, 0.15) is 5.69 Å². The number of anilines is 2. The van der Waals surface area contributed by atoms with Crippen LogP contribution in [0.5, 0.6) is 0 Å². The molecule has 23 heavy (non-hydrogen) atoms. The summed E-state index contributed by atoms with van der Waals surface area (Å²) >= 11 is 0. The molecule has 1 amide bonds. The minimum absolute atomic E-state index is 0.0236. The number of carbonyl (C=O) groups excluding carboxylic acids is 2. The van der Waals surface area contributed by atoms with Crippen LogP contribution in [0.4, 0.5) is 11.4 Å². The molecule has 0 fully saturated rings. The fraction of sp³-hybridized carbons (Fsp3) is 0.235. The lowest BCUT2D eigenvalue weighted by Gasteiger charge is -2.09. The molecule has 0 bridgehead atoms. The van der Waals surface area contributed by atoms with Gasteiger partial charge in [-0.15, -0.1) is 0 Å². The van der Waals surface area contributed by atoms with Gasteiger partial charge in [-0.05, 0) is 43.3 Å². The molecular weight excluding hydrogens is 294 g/mol. The molecule has 0 spiro atoms. The van der Waals surface area contributed by atoms with Crippen molar-refractivity contribution in [3.05, 3.63) is 53.9 Å². The second-order valence-corrected chi connectivity index (χ2v) is 4.94. The van der Waals surface area contributed by atoms with Gasteiger partial charge in [0.25, 0.3) is 5.91 Å². The summed E-state index contributed by atoms with van der Waals surface area (Å²) in [4.78, 5) is 27.3. The smallest absolute Gasteiger partial charge is 0.270 e. The van der Waals surface area contributed by atoms with Crippen LogP contribution in [-0.2, 0) is 4.74 Å². The Bertz CT molecular complexity index is 684. The van der Waals surface area contributed by atoms with Gasteiger partial charge < -0.3 is 15.4 Å². The summed E-state index contributed by atoms with van der Waals surface area (Å²) in [6, 6.07) is 10.6. The Morgan fingerprint density at radius 2 is 1.87 bits per heavy atom. The van der Waals surface area contributed by atoms with Crippen molar-refractivity contribution in [2.45, 2.75) is 6.92 Å². The minimum atomic E-state index is -0.252. The van der Waals surface area contributed by atoms with Crippen LogP contribution in [0.2, 0.25) is 0 Å². The average molecular weight is 313 g/mol. The van der Waals surface area contributed by atoms with Crippen molar-refractivity contribution in [3.8, 4) is 0 Å². The molecule has 0 saturated carbocycles. The zero-order valence-corrected chi connectivity index (χ0v) is 13.1. The van der Waals surface area contributed by atoms with E-state index in [1.807, 2.05) is 12.1 Å². The average Bonchev–Trinajstić information content (AvgIpc) is 2.56. The minimum Gasteiger partial charge on any atom is -0.383 e. The number of rotatable bonds is 7. The number of Topliss-reactive ketones (excluding diaryl/α,β-unsaturated/α-hetero) is 1. The molecular formula is C17H19N3O3. The highest BCUT2D eigenvalue weighted by Crippen LogP contribution is 2.17. The number of pyridine rings is 1. The van der Waals surface area contributed by atoms with E-state index in [4.69, 9.17) is 4.74 Å². The van der Waals surface area contributed by atoms with Crippen molar-refractivity contribution in [2.75, 3.05) is 25.6 Å². The van der Waals surface area contributed by atoms with E-state index < -0.39 is 0 Å². The third-order valence-corrected chi connectivity index (χ3v) is 3.16. The summed E-state index contributed by atoms with van der Waals surface area (Å²) in [5, 5.41) is 5.90. The maximum Gasteiger partial charge on any atom is 0.270 e. The number of nitrogens with one attached hydrogen (secondary N) is 2. The van der Waals surface area contributed by atoms with Crippen LogP contribution in [0.3, 0.4) is 0 Å². The predicted molar refractivity (Wildman–Crippen MR) is 88.2 cm³/mol. The van der Waals surface area contributed by atoms with Crippen LogP contribution in [0.25, 0.3) is 0 Å². The van der Waals surface area contributed by atoms with Crippen molar-refractivity contribution in [1.29, 1.82) is 0 Å². The number of hydrogen-bond donors (Lipinski definition) is 2. The molecule has 6 nitrogen and oxygen atoms in total. The first-order valence-electron chi connectivity index (χ1n) is 7.21. The molecule has 2 aromatic rings. The van der Waals surface area contributed by atoms with Crippen LogP contribution >= 0.6 is 0 Å². The summed E-state index contributed by atoms with van der Waals surface area (Å²) in [6.45, 7) is 2.41. The van der Waals surface area contributed by atoms with E-state index in [-0.39, 0.29) is 11.7 Å². The molecule has 0 aliphatic carbocycles. The number of amides is 1. The molecule has 1 heterocycles. The summed E-state index contributed by atoms with van der Waals surface area (Å²) < 4.78 is 4.89. The highest BCUT2D eigenvalue weighted by molar-refractivity contribution is 5.94. The van der Waals surface area contributed by atoms with Crippen molar-refractivity contribution >= 4 is 23.1 Å². The summed E-state index contributed by atoms with van der Waals surface area (Å²) in [5.41, 5.74) is 2.55. The predicted octanol–water partition coefficient (Wildman–Crippen LogP) is 2.40. The fourth-order valence-corrected chi connectivity index (χ4v) is 1.94. The van der Waals surface area contributed by atoms with E-state index in [1.54, 1.807) is 37.6 Å². The second-order valence-electron chi connectivity index (χ2n) is 4.94. The standard InChI is InChI=1S/C17H19N3O3/c1-12(21)13-3-5-14(6-4-13)20-15-7-8-18-16(11-15)17(22)19-9-10-23-2/h3-8,11H,9-10H2,1-2H3,(H,18,20)(H,19,22). The maximum absolute atomic E-state index is 11.9. The molecule has 0 aliphatic heterocycles. The van der Waals surface area contributed by atoms with Crippen LogP contribution in [0, 0.1) is 0 Å². The van der Waals surface area contributed by atoms with Gasteiger partial charge in [0.2, 0.25) is 0 Å². The highest BCUT2D eigenvalue weighted by Gasteiger charge is 2.07. The van der Waals surface area contributed by atoms with Gasteiger partial charge in [-0.1, -0.05) is 0 Å². The zero-order chi connectivity index (χ0) is 16.7. The highest BCUT2D eigenvalue weighted by atomic mass is 16.5. The Morgan fingerprint density at radius 3 is 2.52 bits per heavy atom. The molecule has 1 aromatic heterocycles. The normalized spacial score (nSPS) is 10.2. The Hall–Kier alpha value is -2.73. The van der Waals surface area contributed by atoms with Gasteiger partial charge in [0, 0.05) is 36.8 Å². The molecule has 0 radical (unpaired) electrons. The molecule has 0 unspecified atom stereocenters. The van der Waals surface area contributed by atoms with E-state index in [1.165, 1.54) is 6.92 Å². The first-order chi connectivity index (χ1) is 11.1. The largest absolute Gasteiger partial charge is 0.383 e. The number of benzene rings is 1. The Kier molecular flexibility index (Phi) is 5.82. The summed E-state index contributed by atoms with van der Waals surface area (Å²) in [5.74, 6) is -0.229. The molecule has 2 N–H and O–H groups in total. The van der Waals surface area contributed by atoms with Crippen molar-refractivity contribution < 1.29 is 14.3 Å². The van der Waals surface area contributed by atoms with Gasteiger partial charge >= 0.3 is 0 Å². The lowest BCUT2D eigenvalue weighted by Crippen LogP contribution is -2.27. The SMILES string of the molecule is COCCNC(=O)c1cc(Nc2ccc(C(C)=O)cc2)ccn1. The maximum atomic E-state index is 11.9. The van der Waals surface area contributed by atoms with Crippen LogP contribution in [0.1, 0.15) is 27.8 Å². The molecule has 0 aliphatic rings. The number of nitrogens with zero attached hydrogens (tertiary/aromatic N) is 1. The van der Waals surface area contributed by atoms with Gasteiger partial charge in [0.15, 0.2) is 5.78 Å². The second kappa shape index (κ2) is 8.05. The molecule has 120 valence electrons. The lowest BCUT2D eigenvalue weighted by molar-refractivity contribution is 0.0931. The van der Waals surface area contributed by atoms with Gasteiger partial charge in [0.05, 0.1) is 6.61 Å². The lowest BCUT2D eigenvalue weighted by atomic mass is 10.1. The number of carbonyl (C=O) groups is 2. The van der Waals surface area contributed by atoms with E-state index in [9.17, 15) is 9.59 Å². The fourth-order valence-electron chi connectivity index (χ4n) is 1.94. The zero-order valence-electron chi connectivity index (χ0n) is 13.1. The van der Waals surface area contributed by atoms with E-state index in [0.29, 0.717) is 24.4 Å². The first-order valence-corrected chi connectivity index (χ1v) is 7.21. The van der Waals surface area contributed by atoms with Crippen LogP contribution < -0.4 is 10.6 Å². The number of methoxy groups -OCH3 is 1. The molecule has 0 atom stereocenters. The number of ketones is 1. The van der Waals surface area contributed by atoms with Gasteiger partial charge in [-0.2, -0.15) is 0 Å². The number of hydrogen-bond acceptors (Lipinski definition) is 5. The third kappa shape index (κ3) is 4.89. The Labute approximate surface area is 134 Å². The number of ether oxygens (including phenoxy) is 1. The van der Waals surface area contributed by atoms with Crippen LogP contribution in [-0.4, -0.2) is 36.9 Å². The van der Waals surface area contributed by atoms with Crippen LogP contribution in [0.15, 0.2) is 42.6 Å². The number of aromatic nitrogens is 1. The third-order valence-electron chi connectivity index (χ3n) is 3.16. The van der Waals surface area contributed by atoms with Crippen molar-refractivity contribution in [3.63, 3.8) is 0 Å². The van der Waals surface area contributed by atoms with E-state index in [0.717, 1.165) is 11.4 Å². The van der Waals surface area contributed by atoms with Crippen molar-refractivity contribution in [2.24, 2.45) is 0 Å². The van der Waals surface area contributed by atoms with Gasteiger partial charge in [-0.3, -0.25) is 14.6 Å². The quantitative estimate of drug-likeness (QED) is 0.606. The summed E-state index contributed by atoms with van der Waals surface area (Å²) in [7, 11) is 1.58. The first kappa shape index (κ1) is 16.6. The Balaban J connectivity index is 2.04. The topological polar surface area (TPSA) is 80.3 Å². The summed E-state index contributed by atoms with van der Waals surface area (Å²) in [6.07, 6.45) is 1.57. The molecule has 2 rings (SSSR count). The van der Waals surface area contributed by atoms with Gasteiger partial charge in [-0.25, -0.2) is 0 Å². The molecule has 6 heteroatoms. The molecule has 0 saturated heterocycles. The van der Waals surface area contributed by atoms with Crippen molar-refractivity contribution in [1.82, 2.24) is 10.3 Å². The molecule has 1 aromatic carbocycles. The monoisotopic (exact) mass is 313 g/mol. The van der Waals surface area contributed by atoms with E-state index in [2.05, 4.69) is 15.6 Å². The Morgan fingerprint density at radius 1 is 1.13 bits per heavy atom.